The third-order valence-electron chi connectivity index (χ3n) is 7.71. The van der Waals surface area contributed by atoms with Crippen LogP contribution in [0.1, 0.15) is 53.9 Å². The van der Waals surface area contributed by atoms with Crippen molar-refractivity contribution in [1.82, 2.24) is 4.57 Å². The molecule has 0 amide bonds. The minimum absolute atomic E-state index is 0.143. The maximum atomic E-state index is 14.2. The number of hydrogen-bond acceptors (Lipinski definition) is 11. The lowest BCUT2D eigenvalue weighted by molar-refractivity contribution is -0.139. The number of ether oxygens (including phenoxy) is 6. The zero-order chi connectivity index (χ0) is 36.1. The molecule has 11 nitrogen and oxygen atoms in total. The van der Waals surface area contributed by atoms with Crippen molar-refractivity contribution in [2.24, 2.45) is 4.99 Å². The van der Waals surface area contributed by atoms with Crippen LogP contribution < -0.4 is 33.8 Å². The summed E-state index contributed by atoms with van der Waals surface area (Å²) in [5.41, 5.74) is 2.66. The lowest BCUT2D eigenvalue weighted by Gasteiger charge is -2.26. The van der Waals surface area contributed by atoms with E-state index in [2.05, 4.69) is 20.9 Å². The van der Waals surface area contributed by atoms with Crippen LogP contribution in [0, 0.1) is 0 Å². The van der Waals surface area contributed by atoms with Crippen LogP contribution in [0.3, 0.4) is 0 Å². The molecule has 0 saturated carbocycles. The molecule has 3 aromatic carbocycles. The highest BCUT2D eigenvalue weighted by atomic mass is 79.9. The number of rotatable bonds is 12. The highest BCUT2D eigenvalue weighted by Crippen LogP contribution is 2.41. The zero-order valence-corrected chi connectivity index (χ0v) is 31.3. The van der Waals surface area contributed by atoms with E-state index < -0.39 is 18.0 Å². The zero-order valence-electron chi connectivity index (χ0n) is 28.1. The second-order valence-electron chi connectivity index (χ2n) is 10.8. The SMILES string of the molecule is CCOC(=O)C1=C(C)N=c2s/c(=C\c3cc(Cl)c(OCc4ccc(C(=O)OCC)cc4)c(OC)c3)c(=O)n2[C@@H]1c1cc(OC)c(OC)cc1Br. The molecule has 0 radical (unpaired) electrons. The smallest absolute Gasteiger partial charge is 0.338 e. The van der Waals surface area contributed by atoms with Crippen LogP contribution in [-0.4, -0.2) is 51.0 Å². The standard InChI is InChI=1S/C36H34BrClN2O9S/c1-7-47-34(42)22-11-9-20(10-12-22)18-49-32-25(38)13-21(14-28(32)46-6)15-29-33(41)40-31(23-16-26(44-4)27(45-5)17-24(23)37)30(35(43)48-8-2)19(3)39-36(40)50-29/h9-17,31H,7-8,18H2,1-6H3/b29-15-/t31-/m1/s1. The molecule has 1 atom stereocenters. The molecule has 0 fully saturated rings. The van der Waals surface area contributed by atoms with E-state index in [-0.39, 0.29) is 29.4 Å². The number of carbonyl (C=O) groups is 2. The number of fused-ring (bicyclic) bond motifs is 1. The number of esters is 2. The molecule has 1 aliphatic heterocycles. The first-order valence-corrected chi connectivity index (χ1v) is 17.4. The van der Waals surface area contributed by atoms with Gasteiger partial charge < -0.3 is 28.4 Å². The Morgan fingerprint density at radius 1 is 0.940 bits per heavy atom. The Morgan fingerprint density at radius 3 is 2.22 bits per heavy atom. The molecule has 4 aromatic rings. The van der Waals surface area contributed by atoms with Crippen molar-refractivity contribution in [3.63, 3.8) is 0 Å². The van der Waals surface area contributed by atoms with Crippen molar-refractivity contribution < 1.29 is 38.0 Å². The van der Waals surface area contributed by atoms with Crippen molar-refractivity contribution in [2.75, 3.05) is 34.5 Å². The average Bonchev–Trinajstić information content (AvgIpc) is 3.40. The van der Waals surface area contributed by atoms with Crippen molar-refractivity contribution in [3.8, 4) is 23.0 Å². The Morgan fingerprint density at radius 2 is 1.58 bits per heavy atom. The normalized spacial score (nSPS) is 14.1. The minimum Gasteiger partial charge on any atom is -0.493 e. The van der Waals surface area contributed by atoms with Gasteiger partial charge in [-0.05, 0) is 79.9 Å². The summed E-state index contributed by atoms with van der Waals surface area (Å²) in [7, 11) is 4.52. The van der Waals surface area contributed by atoms with E-state index in [1.165, 1.54) is 37.2 Å². The number of allylic oxidation sites excluding steroid dienone is 1. The molecule has 50 heavy (non-hydrogen) atoms. The van der Waals surface area contributed by atoms with Crippen molar-refractivity contribution in [1.29, 1.82) is 0 Å². The van der Waals surface area contributed by atoms with E-state index >= 15 is 0 Å². The molecule has 1 aromatic heterocycles. The van der Waals surface area contributed by atoms with Gasteiger partial charge in [0.1, 0.15) is 6.61 Å². The van der Waals surface area contributed by atoms with Crippen molar-refractivity contribution in [3.05, 3.63) is 111 Å². The largest absolute Gasteiger partial charge is 0.493 e. The molecule has 5 rings (SSSR count). The molecule has 0 N–H and O–H groups in total. The van der Waals surface area contributed by atoms with Crippen LogP contribution in [0.15, 0.2) is 74.1 Å². The summed E-state index contributed by atoms with van der Waals surface area (Å²) in [4.78, 5) is 44.6. The van der Waals surface area contributed by atoms with E-state index in [1.54, 1.807) is 75.4 Å². The Kier molecular flexibility index (Phi) is 11.7. The highest BCUT2D eigenvalue weighted by Gasteiger charge is 2.35. The number of carbonyl (C=O) groups excluding carboxylic acids is 2. The summed E-state index contributed by atoms with van der Waals surface area (Å²) in [6.07, 6.45) is 1.68. The molecular weight excluding hydrogens is 752 g/mol. The van der Waals surface area contributed by atoms with Crippen molar-refractivity contribution in [2.45, 2.75) is 33.4 Å². The van der Waals surface area contributed by atoms with Crippen LogP contribution in [0.5, 0.6) is 23.0 Å². The monoisotopic (exact) mass is 784 g/mol. The molecule has 14 heteroatoms. The van der Waals surface area contributed by atoms with Gasteiger partial charge in [0.05, 0.1) is 67.0 Å². The molecule has 0 unspecified atom stereocenters. The van der Waals surface area contributed by atoms with Gasteiger partial charge in [-0.3, -0.25) is 9.36 Å². The number of halogens is 2. The number of thiazole rings is 1. The maximum absolute atomic E-state index is 14.2. The predicted molar refractivity (Wildman–Crippen MR) is 192 cm³/mol. The third-order valence-corrected chi connectivity index (χ3v) is 9.66. The van der Waals surface area contributed by atoms with Crippen LogP contribution in [-0.2, 0) is 20.9 Å². The van der Waals surface area contributed by atoms with E-state index in [0.29, 0.717) is 65.8 Å². The van der Waals surface area contributed by atoms with Crippen LogP contribution >= 0.6 is 38.9 Å². The quantitative estimate of drug-likeness (QED) is 0.159. The summed E-state index contributed by atoms with van der Waals surface area (Å²) in [5.74, 6) is 0.577. The van der Waals surface area contributed by atoms with Crippen LogP contribution in [0.25, 0.3) is 6.08 Å². The Bertz CT molecular complexity index is 2160. The number of benzene rings is 3. The summed E-state index contributed by atoms with van der Waals surface area (Å²) in [6.45, 7) is 5.77. The lowest BCUT2D eigenvalue weighted by Crippen LogP contribution is -2.40. The Balaban J connectivity index is 1.54. The van der Waals surface area contributed by atoms with Gasteiger partial charge in [-0.15, -0.1) is 0 Å². The first-order valence-electron chi connectivity index (χ1n) is 15.4. The van der Waals surface area contributed by atoms with Crippen LogP contribution in [0.4, 0.5) is 0 Å². The fourth-order valence-electron chi connectivity index (χ4n) is 5.39. The summed E-state index contributed by atoms with van der Waals surface area (Å²) in [5, 5.41) is 0.263. The molecule has 0 saturated heterocycles. The van der Waals surface area contributed by atoms with Gasteiger partial charge in [-0.25, -0.2) is 14.6 Å². The van der Waals surface area contributed by atoms with Gasteiger partial charge in [0, 0.05) is 4.47 Å². The average molecular weight is 786 g/mol. The molecule has 0 aliphatic carbocycles. The second kappa shape index (κ2) is 16.0. The first kappa shape index (κ1) is 36.7. The Labute approximate surface area is 305 Å². The molecule has 1 aliphatic rings. The van der Waals surface area contributed by atoms with Crippen molar-refractivity contribution >= 4 is 56.9 Å². The molecule has 2 heterocycles. The molecule has 262 valence electrons. The van der Waals surface area contributed by atoms with Gasteiger partial charge in [-0.2, -0.15) is 0 Å². The number of aromatic nitrogens is 1. The number of nitrogens with zero attached hydrogens (tertiary/aromatic N) is 2. The highest BCUT2D eigenvalue weighted by molar-refractivity contribution is 9.10. The number of hydrogen-bond donors (Lipinski definition) is 0. The van der Waals surface area contributed by atoms with Gasteiger partial charge in [0.2, 0.25) is 0 Å². The minimum atomic E-state index is -0.887. The van der Waals surface area contributed by atoms with E-state index in [4.69, 9.17) is 40.0 Å². The van der Waals surface area contributed by atoms with E-state index in [1.807, 2.05) is 0 Å². The summed E-state index contributed by atoms with van der Waals surface area (Å²) in [6, 6.07) is 12.8. The lowest BCUT2D eigenvalue weighted by atomic mass is 9.95. The third kappa shape index (κ3) is 7.44. The number of methoxy groups -OCH3 is 3. The van der Waals surface area contributed by atoms with Crippen LogP contribution in [0.2, 0.25) is 5.02 Å². The Hall–Kier alpha value is -4.59. The first-order chi connectivity index (χ1) is 24.0. The topological polar surface area (TPSA) is 124 Å². The van der Waals surface area contributed by atoms with Gasteiger partial charge in [0.15, 0.2) is 27.8 Å². The molecular formula is C36H34BrClN2O9S. The predicted octanol–water partition coefficient (Wildman–Crippen LogP) is 6.00. The molecule has 0 spiro atoms. The maximum Gasteiger partial charge on any atom is 0.338 e. The van der Waals surface area contributed by atoms with E-state index in [0.717, 1.165) is 5.56 Å². The summed E-state index contributed by atoms with van der Waals surface area (Å²) < 4.78 is 35.5. The summed E-state index contributed by atoms with van der Waals surface area (Å²) >= 11 is 11.5. The fraction of sp³-hybridized carbons (Fsp3) is 0.278. The fourth-order valence-corrected chi connectivity index (χ4v) is 7.25. The molecule has 0 bridgehead atoms. The van der Waals surface area contributed by atoms with E-state index in [9.17, 15) is 14.4 Å². The van der Waals surface area contributed by atoms with Gasteiger partial charge in [0.25, 0.3) is 5.56 Å². The van der Waals surface area contributed by atoms with Gasteiger partial charge in [-0.1, -0.05) is 51.0 Å². The van der Waals surface area contributed by atoms with Gasteiger partial charge >= 0.3 is 11.9 Å². The second-order valence-corrected chi connectivity index (χ2v) is 13.0.